The molecular formula is C14H23N5O. The Kier molecular flexibility index (Phi) is 4.03. The first kappa shape index (κ1) is 13.6. The maximum Gasteiger partial charge on any atom is 0.226 e. The molecule has 1 aromatic heterocycles. The quantitative estimate of drug-likeness (QED) is 0.846. The zero-order valence-electron chi connectivity index (χ0n) is 12.2. The second-order valence-corrected chi connectivity index (χ2v) is 5.71. The Labute approximate surface area is 120 Å². The zero-order valence-corrected chi connectivity index (χ0v) is 12.2. The fraction of sp³-hybridized carbons (Fsp3) is 0.714. The third-order valence-electron chi connectivity index (χ3n) is 3.77. The highest BCUT2D eigenvalue weighted by atomic mass is 16.5. The smallest absolute Gasteiger partial charge is 0.226 e. The predicted octanol–water partition coefficient (Wildman–Crippen LogP) is 0.500. The van der Waals surface area contributed by atoms with Gasteiger partial charge in [0.2, 0.25) is 5.95 Å². The van der Waals surface area contributed by atoms with E-state index in [0.29, 0.717) is 6.04 Å². The van der Waals surface area contributed by atoms with Gasteiger partial charge >= 0.3 is 0 Å². The van der Waals surface area contributed by atoms with Gasteiger partial charge in [-0.05, 0) is 18.9 Å². The summed E-state index contributed by atoms with van der Waals surface area (Å²) in [7, 11) is 3.93. The van der Waals surface area contributed by atoms with Crippen molar-refractivity contribution in [1.82, 2.24) is 15.3 Å². The van der Waals surface area contributed by atoms with Crippen LogP contribution in [0.5, 0.6) is 0 Å². The van der Waals surface area contributed by atoms with E-state index in [1.54, 1.807) is 0 Å². The van der Waals surface area contributed by atoms with E-state index >= 15 is 0 Å². The van der Waals surface area contributed by atoms with Crippen LogP contribution in [0.15, 0.2) is 12.3 Å². The van der Waals surface area contributed by atoms with Crippen molar-refractivity contribution in [3.63, 3.8) is 0 Å². The van der Waals surface area contributed by atoms with Crippen LogP contribution in [0.1, 0.15) is 12.8 Å². The fourth-order valence-electron chi connectivity index (χ4n) is 2.43. The zero-order chi connectivity index (χ0) is 13.9. The van der Waals surface area contributed by atoms with Gasteiger partial charge in [0.15, 0.2) is 0 Å². The molecule has 20 heavy (non-hydrogen) atoms. The molecule has 2 fully saturated rings. The summed E-state index contributed by atoms with van der Waals surface area (Å²) in [5.41, 5.74) is 0. The Balaban J connectivity index is 1.72. The van der Waals surface area contributed by atoms with E-state index < -0.39 is 0 Å². The Morgan fingerprint density at radius 3 is 3.05 bits per heavy atom. The maximum atomic E-state index is 5.63. The average molecular weight is 277 g/mol. The van der Waals surface area contributed by atoms with Crippen molar-refractivity contribution in [2.75, 3.05) is 50.2 Å². The van der Waals surface area contributed by atoms with Crippen LogP contribution in [0.2, 0.25) is 0 Å². The monoisotopic (exact) mass is 277 g/mol. The first-order valence-corrected chi connectivity index (χ1v) is 7.32. The van der Waals surface area contributed by atoms with Crippen LogP contribution >= 0.6 is 0 Å². The van der Waals surface area contributed by atoms with Gasteiger partial charge in [-0.2, -0.15) is 4.98 Å². The summed E-state index contributed by atoms with van der Waals surface area (Å²) in [5.74, 6) is 1.75. The summed E-state index contributed by atoms with van der Waals surface area (Å²) < 4.78 is 5.63. The van der Waals surface area contributed by atoms with Gasteiger partial charge in [-0.1, -0.05) is 0 Å². The minimum atomic E-state index is 0.356. The van der Waals surface area contributed by atoms with Gasteiger partial charge < -0.3 is 19.9 Å². The lowest BCUT2D eigenvalue weighted by atomic mass is 10.2. The van der Waals surface area contributed by atoms with E-state index in [9.17, 15) is 0 Å². The van der Waals surface area contributed by atoms with Crippen LogP contribution in [0.3, 0.4) is 0 Å². The summed E-state index contributed by atoms with van der Waals surface area (Å²) in [6, 6.07) is 3.07. The van der Waals surface area contributed by atoms with Crippen molar-refractivity contribution >= 4 is 11.8 Å². The first-order valence-electron chi connectivity index (χ1n) is 7.32. The molecule has 1 aromatic rings. The predicted molar refractivity (Wildman–Crippen MR) is 79.3 cm³/mol. The molecule has 1 atom stereocenters. The molecule has 1 unspecified atom stereocenters. The van der Waals surface area contributed by atoms with Gasteiger partial charge in [-0.15, -0.1) is 0 Å². The van der Waals surface area contributed by atoms with E-state index in [4.69, 9.17) is 4.74 Å². The third kappa shape index (κ3) is 3.19. The summed E-state index contributed by atoms with van der Waals surface area (Å²) in [5, 5.41) is 3.59. The molecule has 0 spiro atoms. The Hall–Kier alpha value is -1.40. The van der Waals surface area contributed by atoms with E-state index in [0.717, 1.165) is 44.1 Å². The van der Waals surface area contributed by atoms with Gasteiger partial charge in [0.1, 0.15) is 5.82 Å². The molecular weight excluding hydrogens is 254 g/mol. The van der Waals surface area contributed by atoms with Gasteiger partial charge in [0.05, 0.1) is 19.3 Å². The molecule has 6 nitrogen and oxygen atoms in total. The van der Waals surface area contributed by atoms with Crippen molar-refractivity contribution in [3.8, 4) is 0 Å². The second kappa shape index (κ2) is 5.93. The first-order chi connectivity index (χ1) is 9.74. The standard InChI is InChI=1S/C14H23N5O/c1-18(2)14-15-6-5-13(17-14)19-7-8-20-10-12(19)9-16-11-3-4-11/h5-6,11-12,16H,3-4,7-10H2,1-2H3. The number of rotatable bonds is 5. The molecule has 3 rings (SSSR count). The SMILES string of the molecule is CN(C)c1nccc(N2CCOCC2CNC2CC2)n1. The molecule has 0 bridgehead atoms. The van der Waals surface area contributed by atoms with Crippen LogP contribution in [-0.2, 0) is 4.74 Å². The Morgan fingerprint density at radius 2 is 2.30 bits per heavy atom. The van der Waals surface area contributed by atoms with Crippen LogP contribution < -0.4 is 15.1 Å². The number of hydrogen-bond donors (Lipinski definition) is 1. The van der Waals surface area contributed by atoms with Crippen LogP contribution in [0.4, 0.5) is 11.8 Å². The molecule has 0 aromatic carbocycles. The average Bonchev–Trinajstić information content (AvgIpc) is 3.30. The number of hydrogen-bond acceptors (Lipinski definition) is 6. The van der Waals surface area contributed by atoms with Crippen molar-refractivity contribution in [2.45, 2.75) is 24.9 Å². The number of aromatic nitrogens is 2. The van der Waals surface area contributed by atoms with Crippen molar-refractivity contribution in [1.29, 1.82) is 0 Å². The van der Waals surface area contributed by atoms with Crippen LogP contribution in [0.25, 0.3) is 0 Å². The third-order valence-corrected chi connectivity index (χ3v) is 3.77. The molecule has 1 saturated heterocycles. The Morgan fingerprint density at radius 1 is 1.45 bits per heavy atom. The second-order valence-electron chi connectivity index (χ2n) is 5.71. The molecule has 1 aliphatic carbocycles. The molecule has 1 saturated carbocycles. The van der Waals surface area contributed by atoms with Crippen molar-refractivity contribution < 1.29 is 4.74 Å². The highest BCUT2D eigenvalue weighted by Crippen LogP contribution is 2.21. The Bertz CT molecular complexity index is 449. The number of nitrogens with zero attached hydrogens (tertiary/aromatic N) is 4. The van der Waals surface area contributed by atoms with Gasteiger partial charge in [0.25, 0.3) is 0 Å². The summed E-state index contributed by atoms with van der Waals surface area (Å²) >= 11 is 0. The highest BCUT2D eigenvalue weighted by molar-refractivity contribution is 5.44. The minimum Gasteiger partial charge on any atom is -0.377 e. The molecule has 0 radical (unpaired) electrons. The lowest BCUT2D eigenvalue weighted by molar-refractivity contribution is 0.0932. The normalized spacial score (nSPS) is 22.9. The van der Waals surface area contributed by atoms with E-state index in [-0.39, 0.29) is 0 Å². The molecule has 2 heterocycles. The molecule has 2 aliphatic rings. The maximum absolute atomic E-state index is 5.63. The summed E-state index contributed by atoms with van der Waals surface area (Å²) in [6.45, 7) is 3.38. The molecule has 6 heteroatoms. The molecule has 1 aliphatic heterocycles. The van der Waals surface area contributed by atoms with Gasteiger partial charge in [-0.3, -0.25) is 0 Å². The van der Waals surface area contributed by atoms with Crippen molar-refractivity contribution in [2.24, 2.45) is 0 Å². The van der Waals surface area contributed by atoms with E-state index in [1.807, 2.05) is 31.3 Å². The van der Waals surface area contributed by atoms with Gasteiger partial charge in [-0.25, -0.2) is 4.98 Å². The lowest BCUT2D eigenvalue weighted by Crippen LogP contribution is -2.51. The molecule has 1 N–H and O–H groups in total. The fourth-order valence-corrected chi connectivity index (χ4v) is 2.43. The summed E-state index contributed by atoms with van der Waals surface area (Å²) in [4.78, 5) is 13.2. The number of morpholine rings is 1. The number of anilines is 2. The minimum absolute atomic E-state index is 0.356. The highest BCUT2D eigenvalue weighted by Gasteiger charge is 2.27. The molecule has 110 valence electrons. The van der Waals surface area contributed by atoms with E-state index in [2.05, 4.69) is 20.2 Å². The largest absolute Gasteiger partial charge is 0.377 e. The molecule has 0 amide bonds. The van der Waals surface area contributed by atoms with Crippen LogP contribution in [0, 0.1) is 0 Å². The summed E-state index contributed by atoms with van der Waals surface area (Å²) in [6.07, 6.45) is 4.45. The van der Waals surface area contributed by atoms with Gasteiger partial charge in [0, 0.05) is 39.4 Å². The van der Waals surface area contributed by atoms with Crippen molar-refractivity contribution in [3.05, 3.63) is 12.3 Å². The topological polar surface area (TPSA) is 53.5 Å². The number of ether oxygens (including phenoxy) is 1. The lowest BCUT2D eigenvalue weighted by Gasteiger charge is -2.36. The van der Waals surface area contributed by atoms with Crippen LogP contribution in [-0.4, -0.2) is 62.5 Å². The number of nitrogens with one attached hydrogen (secondary N) is 1. The van der Waals surface area contributed by atoms with E-state index in [1.165, 1.54) is 12.8 Å².